The first kappa shape index (κ1) is 22.8. The topological polar surface area (TPSA) is 77.4 Å². The van der Waals surface area contributed by atoms with Crippen LogP contribution in [0.4, 0.5) is 0 Å². The number of rotatable bonds is 14. The van der Waals surface area contributed by atoms with E-state index in [1.165, 1.54) is 25.7 Å². The number of carbonyl (C=O) groups excluding carboxylic acids is 2. The monoisotopic (exact) mass is 341 g/mol. The fourth-order valence-corrected chi connectivity index (χ4v) is 2.80. The van der Waals surface area contributed by atoms with E-state index >= 15 is 0 Å². The third kappa shape index (κ3) is 11.4. The van der Waals surface area contributed by atoms with Crippen molar-refractivity contribution in [3.8, 4) is 0 Å². The molecule has 5 nitrogen and oxygen atoms in total. The van der Waals surface area contributed by atoms with Gasteiger partial charge in [0.15, 0.2) is 11.4 Å². The molecule has 0 saturated heterocycles. The molecule has 24 heavy (non-hydrogen) atoms. The van der Waals surface area contributed by atoms with Crippen molar-refractivity contribution >= 4 is 11.8 Å². The lowest BCUT2D eigenvalue weighted by Crippen LogP contribution is -2.56. The number of allylic oxidation sites excluding steroid dienone is 2. The maximum atomic E-state index is 12.3. The number of ketones is 1. The summed E-state index contributed by atoms with van der Waals surface area (Å²) in [6.45, 7) is 2.25. The Labute approximate surface area is 146 Å². The average Bonchev–Trinajstić information content (AvgIpc) is 2.42. The van der Waals surface area contributed by atoms with Gasteiger partial charge in [-0.3, -0.25) is 4.79 Å². The summed E-state index contributed by atoms with van der Waals surface area (Å²) in [6.07, 6.45) is 11.1. The predicted octanol–water partition coefficient (Wildman–Crippen LogP) is 1.83. The summed E-state index contributed by atoms with van der Waals surface area (Å²) in [5, 5.41) is 21.4. The lowest BCUT2D eigenvalue weighted by atomic mass is 9.90. The summed E-state index contributed by atoms with van der Waals surface area (Å²) in [5.74, 6) is -1.80. The van der Waals surface area contributed by atoms with Crippen molar-refractivity contribution in [1.29, 1.82) is 0 Å². The Morgan fingerprint density at radius 1 is 1.04 bits per heavy atom. The molecule has 0 saturated carbocycles. The fraction of sp³-hybridized carbons (Fsp3) is 0.789. The smallest absolute Gasteiger partial charge is 0.177 e. The van der Waals surface area contributed by atoms with Crippen LogP contribution >= 0.6 is 0 Å². The van der Waals surface area contributed by atoms with Gasteiger partial charge in [-0.05, 0) is 25.7 Å². The summed E-state index contributed by atoms with van der Waals surface area (Å²) in [4.78, 5) is 23.2. The van der Waals surface area contributed by atoms with Gasteiger partial charge in [-0.15, -0.1) is 0 Å². The number of hydrogen-bond donors (Lipinski definition) is 1. The molecule has 1 atom stereocenters. The van der Waals surface area contributed by atoms with E-state index in [1.54, 1.807) is 0 Å². The average molecular weight is 341 g/mol. The van der Waals surface area contributed by atoms with Crippen molar-refractivity contribution in [1.82, 2.24) is 0 Å². The first-order valence-corrected chi connectivity index (χ1v) is 9.01. The van der Waals surface area contributed by atoms with Gasteiger partial charge in [-0.1, -0.05) is 38.3 Å². The number of unbranched alkanes of at least 4 members (excludes halogenated alkanes) is 5. The third-order valence-electron chi connectivity index (χ3n) is 3.86. The van der Waals surface area contributed by atoms with Gasteiger partial charge in [0.2, 0.25) is 0 Å². The Bertz CT molecular complexity index is 412. The molecule has 0 aliphatic carbocycles. The van der Waals surface area contributed by atoms with Gasteiger partial charge < -0.3 is 19.5 Å². The number of nitrogens with zero attached hydrogens (tertiary/aromatic N) is 1. The highest BCUT2D eigenvalue weighted by molar-refractivity contribution is 5.90. The first-order chi connectivity index (χ1) is 11.1. The number of likely N-dealkylation sites (N-methyl/N-ethyl adjacent to an activating group) is 1. The quantitative estimate of drug-likeness (QED) is 0.297. The van der Waals surface area contributed by atoms with Gasteiger partial charge in [-0.25, -0.2) is 0 Å². The van der Waals surface area contributed by atoms with Crippen molar-refractivity contribution in [2.24, 2.45) is 0 Å². The number of aliphatic hydroxyl groups is 1. The molecule has 5 heteroatoms. The van der Waals surface area contributed by atoms with Crippen LogP contribution in [-0.2, 0) is 9.59 Å². The molecule has 0 aromatic rings. The van der Waals surface area contributed by atoms with Crippen LogP contribution in [0.3, 0.4) is 0 Å². The van der Waals surface area contributed by atoms with E-state index in [9.17, 15) is 19.8 Å². The third-order valence-corrected chi connectivity index (χ3v) is 3.86. The van der Waals surface area contributed by atoms with E-state index in [1.807, 2.05) is 21.1 Å². The van der Waals surface area contributed by atoms with E-state index in [0.717, 1.165) is 12.8 Å². The van der Waals surface area contributed by atoms with Crippen LogP contribution in [0, 0.1) is 0 Å². The molecule has 1 N–H and O–H groups in total. The van der Waals surface area contributed by atoms with Crippen LogP contribution in [0.25, 0.3) is 0 Å². The van der Waals surface area contributed by atoms with Gasteiger partial charge in [0, 0.05) is 18.8 Å². The summed E-state index contributed by atoms with van der Waals surface area (Å²) in [6, 6.07) is 0. The lowest BCUT2D eigenvalue weighted by molar-refractivity contribution is -0.875. The Morgan fingerprint density at radius 3 is 2.12 bits per heavy atom. The van der Waals surface area contributed by atoms with E-state index < -0.39 is 23.8 Å². The van der Waals surface area contributed by atoms with Crippen LogP contribution in [0.5, 0.6) is 0 Å². The Kier molecular flexibility index (Phi) is 10.8. The second-order valence-electron chi connectivity index (χ2n) is 7.66. The summed E-state index contributed by atoms with van der Waals surface area (Å²) >= 11 is 0. The van der Waals surface area contributed by atoms with Crippen molar-refractivity contribution in [2.75, 3.05) is 27.7 Å². The molecule has 0 aliphatic rings. The van der Waals surface area contributed by atoms with Crippen molar-refractivity contribution in [2.45, 2.75) is 70.3 Å². The van der Waals surface area contributed by atoms with Crippen LogP contribution in [0.1, 0.15) is 64.7 Å². The number of quaternary nitrogens is 1. The number of carboxylic acid groups (broad SMARTS) is 1. The molecule has 0 fully saturated rings. The molecule has 0 amide bonds. The molecule has 0 aliphatic heterocycles. The molecule has 0 radical (unpaired) electrons. The zero-order chi connectivity index (χ0) is 18.6. The van der Waals surface area contributed by atoms with Crippen molar-refractivity contribution in [3.63, 3.8) is 0 Å². The van der Waals surface area contributed by atoms with Gasteiger partial charge in [-0.2, -0.15) is 0 Å². The van der Waals surface area contributed by atoms with Crippen LogP contribution in [0.15, 0.2) is 12.2 Å². The molecule has 0 heterocycles. The Balaban J connectivity index is 4.28. The minimum absolute atomic E-state index is 0.0626. The second-order valence-corrected chi connectivity index (χ2v) is 7.66. The number of carbonyl (C=O) groups is 2. The molecular formula is C19H35NO4. The van der Waals surface area contributed by atoms with Crippen LogP contribution in [-0.4, -0.2) is 54.6 Å². The largest absolute Gasteiger partial charge is 0.550 e. The molecular weight excluding hydrogens is 306 g/mol. The zero-order valence-corrected chi connectivity index (χ0v) is 15.8. The molecule has 0 bridgehead atoms. The SMILES string of the molecule is CCCCCCC=CCCCC(=O)C(O)(CC(=O)[O-])C[N+](C)(C)C. The standard InChI is InChI=1S/C19H35NO4/c1-5-6-7-8-9-10-11-12-13-14-17(21)19(24,15-18(22)23)16-20(2,3)4/h10-11,24H,5-9,12-16H2,1-4H3. The van der Waals surface area contributed by atoms with Gasteiger partial charge in [0.05, 0.1) is 21.1 Å². The van der Waals surface area contributed by atoms with E-state index in [0.29, 0.717) is 10.9 Å². The maximum Gasteiger partial charge on any atom is 0.177 e. The lowest BCUT2D eigenvalue weighted by Gasteiger charge is -2.34. The normalized spacial score (nSPS) is 14.7. The highest BCUT2D eigenvalue weighted by Crippen LogP contribution is 2.19. The second kappa shape index (κ2) is 11.4. The van der Waals surface area contributed by atoms with E-state index in [2.05, 4.69) is 19.1 Å². The summed E-state index contributed by atoms with van der Waals surface area (Å²) in [5.41, 5.74) is -1.85. The van der Waals surface area contributed by atoms with Crippen LogP contribution in [0.2, 0.25) is 0 Å². The van der Waals surface area contributed by atoms with Crippen molar-refractivity contribution in [3.05, 3.63) is 12.2 Å². The number of aliphatic carboxylic acids is 1. The van der Waals surface area contributed by atoms with E-state index in [-0.39, 0.29) is 13.0 Å². The number of hydrogen-bond acceptors (Lipinski definition) is 4. The van der Waals surface area contributed by atoms with Gasteiger partial charge in [0.25, 0.3) is 0 Å². The maximum absolute atomic E-state index is 12.3. The molecule has 0 spiro atoms. The molecule has 140 valence electrons. The minimum atomic E-state index is -1.85. The number of carboxylic acids is 1. The molecule has 1 unspecified atom stereocenters. The van der Waals surface area contributed by atoms with Gasteiger partial charge >= 0.3 is 0 Å². The summed E-state index contributed by atoms with van der Waals surface area (Å²) in [7, 11) is 5.44. The van der Waals surface area contributed by atoms with Gasteiger partial charge in [0.1, 0.15) is 6.54 Å². The Morgan fingerprint density at radius 2 is 1.62 bits per heavy atom. The molecule has 0 aromatic heterocycles. The predicted molar refractivity (Wildman–Crippen MR) is 94.2 cm³/mol. The fourth-order valence-electron chi connectivity index (χ4n) is 2.80. The molecule has 0 rings (SSSR count). The molecule has 0 aromatic carbocycles. The highest BCUT2D eigenvalue weighted by Gasteiger charge is 2.40. The Hall–Kier alpha value is -1.20. The minimum Gasteiger partial charge on any atom is -0.550 e. The first-order valence-electron chi connectivity index (χ1n) is 9.01. The summed E-state index contributed by atoms with van der Waals surface area (Å²) < 4.78 is 0.313. The van der Waals surface area contributed by atoms with E-state index in [4.69, 9.17) is 0 Å². The highest BCUT2D eigenvalue weighted by atomic mass is 16.4. The zero-order valence-electron chi connectivity index (χ0n) is 15.8. The van der Waals surface area contributed by atoms with Crippen molar-refractivity contribution < 1.29 is 24.3 Å². The van der Waals surface area contributed by atoms with Crippen LogP contribution < -0.4 is 5.11 Å². The number of Topliss-reactive ketones (excluding diaryl/α,β-unsaturated/α-hetero) is 1.